The number of hydrogen-bond donors (Lipinski definition) is 0. The number of aromatic nitrogens is 5. The van der Waals surface area contributed by atoms with E-state index in [0.717, 1.165) is 20.3 Å². The first-order valence-electron chi connectivity index (χ1n) is 25.2. The molecule has 0 N–H and O–H groups in total. The Hall–Kier alpha value is -6.85. The fourth-order valence-electron chi connectivity index (χ4n) is 5.97. The molecule has 0 atom stereocenters. The number of para-hydroxylation sites is 4. The Bertz CT molecular complexity index is 3850. The molecule has 7 aromatic carbocycles. The molecule has 5 heteroatoms. The predicted molar refractivity (Wildman–Crippen MR) is 205 cm³/mol. The van der Waals surface area contributed by atoms with Gasteiger partial charge in [0.25, 0.3) is 0 Å². The molecule has 0 spiro atoms. The molecule has 10 aromatic rings. The van der Waals surface area contributed by atoms with Gasteiger partial charge in [-0.15, -0.1) is 0 Å². The van der Waals surface area contributed by atoms with E-state index in [1.54, 1.807) is 24.3 Å². The summed E-state index contributed by atoms with van der Waals surface area (Å²) >= 11 is 0. The lowest BCUT2D eigenvalue weighted by Crippen LogP contribution is -2.06. The van der Waals surface area contributed by atoms with Crippen molar-refractivity contribution in [3.8, 4) is 45.5 Å². The molecule has 0 fully saturated rings. The largest absolute Gasteiger partial charge is 0.309 e. The molecule has 3 aromatic heterocycles. The van der Waals surface area contributed by atoms with Crippen molar-refractivity contribution in [1.29, 1.82) is 0 Å². The molecule has 0 aliphatic heterocycles. The highest BCUT2D eigenvalue weighted by molar-refractivity contribution is 6.10. The predicted octanol–water partition coefficient (Wildman–Crippen LogP) is 11.1. The number of benzene rings is 7. The minimum atomic E-state index is -0.881. The van der Waals surface area contributed by atoms with Gasteiger partial charge in [-0.05, 0) is 47.4 Å². The van der Waals surface area contributed by atoms with Crippen LogP contribution in [0.3, 0.4) is 0 Å². The van der Waals surface area contributed by atoms with Crippen molar-refractivity contribution in [3.05, 3.63) is 175 Å². The van der Waals surface area contributed by atoms with Gasteiger partial charge in [-0.25, -0.2) is 4.98 Å². The van der Waals surface area contributed by atoms with E-state index in [9.17, 15) is 4.11 Å². The third-order valence-corrected chi connectivity index (χ3v) is 8.20. The molecule has 0 saturated carbocycles. The van der Waals surface area contributed by atoms with Crippen LogP contribution in [0.25, 0.3) is 89.2 Å². The van der Waals surface area contributed by atoms with Crippen LogP contribution in [-0.4, -0.2) is 24.1 Å². The Morgan fingerprint density at radius 1 is 0.380 bits per heavy atom. The molecule has 0 aliphatic rings. The van der Waals surface area contributed by atoms with Gasteiger partial charge in [-0.1, -0.05) is 139 Å². The van der Waals surface area contributed by atoms with Crippen LogP contribution in [0.4, 0.5) is 0 Å². The number of nitrogens with zero attached hydrogens (tertiary/aromatic N) is 5. The van der Waals surface area contributed by atoms with Gasteiger partial charge in [0.2, 0.25) is 5.95 Å². The lowest BCUT2D eigenvalue weighted by Gasteiger charge is -2.13. The number of rotatable bonds is 5. The SMILES string of the molecule is [2H]c1c([2H])c(-c2nc(-c3ccc(-c4ccccc4)cc3)nc(-n3c4c([2H])c([2H])c([2H])c([2H])c4c4c([2H])c([2H])c([2H])c([2H])c43)n2)c([2H])c(-n2c3c([2H])c([2H])c([2H])c([2H])c3c3c([2H])c([2H])c([2H])c([2H])c32)c1[2H]. The van der Waals surface area contributed by atoms with Gasteiger partial charge in [0.05, 0.1) is 49.5 Å². The third kappa shape index (κ3) is 4.52. The highest BCUT2D eigenvalue weighted by atomic mass is 15.2. The second-order valence-electron chi connectivity index (χ2n) is 11.0. The van der Waals surface area contributed by atoms with E-state index >= 15 is 0 Å². The van der Waals surface area contributed by atoms with Crippen molar-refractivity contribution >= 4 is 43.6 Å². The highest BCUT2D eigenvalue weighted by Gasteiger charge is 2.19. The Balaban J connectivity index is 1.38. The van der Waals surface area contributed by atoms with Gasteiger partial charge in [0.15, 0.2) is 11.6 Å². The topological polar surface area (TPSA) is 48.5 Å². The second-order valence-corrected chi connectivity index (χ2v) is 11.0. The maximum Gasteiger partial charge on any atom is 0.238 e. The van der Waals surface area contributed by atoms with E-state index in [0.29, 0.717) is 0 Å². The number of hydrogen-bond acceptors (Lipinski definition) is 3. The molecule has 0 unspecified atom stereocenters. The van der Waals surface area contributed by atoms with Crippen LogP contribution in [-0.2, 0) is 0 Å². The summed E-state index contributed by atoms with van der Waals surface area (Å²) in [7, 11) is 0. The third-order valence-electron chi connectivity index (χ3n) is 8.20. The lowest BCUT2D eigenvalue weighted by molar-refractivity contribution is 0.953. The minimum absolute atomic E-state index is 0.210. The summed E-state index contributed by atoms with van der Waals surface area (Å²) in [6, 6.07) is 1.15. The van der Waals surface area contributed by atoms with Crippen LogP contribution in [0.2, 0.25) is 0 Å². The van der Waals surface area contributed by atoms with E-state index in [2.05, 4.69) is 9.97 Å². The average Bonchev–Trinajstić information content (AvgIpc) is 3.91. The smallest absolute Gasteiger partial charge is 0.238 e. The van der Waals surface area contributed by atoms with Crippen LogP contribution in [0.1, 0.15) is 27.4 Å². The highest BCUT2D eigenvalue weighted by Crippen LogP contribution is 2.35. The van der Waals surface area contributed by atoms with Gasteiger partial charge in [0, 0.05) is 38.4 Å². The van der Waals surface area contributed by atoms with Crippen molar-refractivity contribution in [3.63, 3.8) is 0 Å². The second kappa shape index (κ2) is 11.4. The van der Waals surface area contributed by atoms with Crippen LogP contribution in [0.15, 0.2) is 175 Å². The van der Waals surface area contributed by atoms with Gasteiger partial charge in [-0.3, -0.25) is 4.57 Å². The standard InChI is InChI=1S/C45H29N5/c1-2-13-30(14-3-1)31-25-27-32(28-26-31)43-46-44(48-45(47-43)50-41-23-10-6-19-37(41)38-20-7-11-24-42(38)50)33-15-12-16-34(29-33)49-39-21-8-4-17-35(39)36-18-5-9-22-40(36)49/h1-29H/i4D,5D,6D,7D,8D,9D,10D,11D,12D,15D,16D,17D,18D,19D,20D,21D,22D,23D,24D,29D. The summed E-state index contributed by atoms with van der Waals surface area (Å²) < 4.78 is 180. The van der Waals surface area contributed by atoms with Gasteiger partial charge < -0.3 is 4.57 Å². The molecule has 3 heterocycles. The Morgan fingerprint density at radius 2 is 0.840 bits per heavy atom. The molecule has 0 aliphatic carbocycles. The fourth-order valence-corrected chi connectivity index (χ4v) is 5.97. The summed E-state index contributed by atoms with van der Waals surface area (Å²) in [6.07, 6.45) is 0. The van der Waals surface area contributed by atoms with E-state index in [1.807, 2.05) is 30.3 Å². The Morgan fingerprint density at radius 3 is 1.40 bits per heavy atom. The van der Waals surface area contributed by atoms with Crippen molar-refractivity contribution in [1.82, 2.24) is 24.1 Å². The zero-order valence-electron chi connectivity index (χ0n) is 45.4. The quantitative estimate of drug-likeness (QED) is 0.185. The maximum absolute atomic E-state index is 9.83. The molecule has 234 valence electrons. The monoisotopic (exact) mass is 659 g/mol. The molecule has 10 rings (SSSR count). The molecule has 5 nitrogen and oxygen atoms in total. The van der Waals surface area contributed by atoms with E-state index in [1.165, 1.54) is 0 Å². The van der Waals surface area contributed by atoms with E-state index < -0.39 is 155 Å². The van der Waals surface area contributed by atoms with Crippen LogP contribution >= 0.6 is 0 Å². The van der Waals surface area contributed by atoms with Crippen LogP contribution in [0.5, 0.6) is 0 Å². The first kappa shape index (κ1) is 14.7. The van der Waals surface area contributed by atoms with Gasteiger partial charge in [-0.2, -0.15) is 9.97 Å². The summed E-state index contributed by atoms with van der Waals surface area (Å²) in [5.74, 6) is -1.33. The van der Waals surface area contributed by atoms with E-state index in [-0.39, 0.29) is 44.0 Å². The summed E-state index contributed by atoms with van der Waals surface area (Å²) in [4.78, 5) is 14.0. The van der Waals surface area contributed by atoms with E-state index in [4.69, 9.17) is 28.3 Å². The number of fused-ring (bicyclic) bond motifs is 6. The maximum atomic E-state index is 9.83. The molecule has 0 radical (unpaired) electrons. The van der Waals surface area contributed by atoms with Crippen molar-refractivity contribution in [2.24, 2.45) is 0 Å². The van der Waals surface area contributed by atoms with Gasteiger partial charge >= 0.3 is 0 Å². The molecule has 0 saturated heterocycles. The van der Waals surface area contributed by atoms with Crippen molar-refractivity contribution < 1.29 is 27.4 Å². The first-order chi connectivity index (χ1) is 33.1. The molecular weight excluding hydrogens is 611 g/mol. The van der Waals surface area contributed by atoms with Gasteiger partial charge in [0.1, 0.15) is 0 Å². The fraction of sp³-hybridized carbons (Fsp3) is 0. The molecule has 0 bridgehead atoms. The summed E-state index contributed by atoms with van der Waals surface area (Å²) in [6.45, 7) is 0. The normalized spacial score (nSPS) is 17.2. The van der Waals surface area contributed by atoms with Crippen LogP contribution < -0.4 is 0 Å². The van der Waals surface area contributed by atoms with Crippen molar-refractivity contribution in [2.75, 3.05) is 0 Å². The average molecular weight is 660 g/mol. The van der Waals surface area contributed by atoms with Crippen molar-refractivity contribution in [2.45, 2.75) is 0 Å². The Labute approximate surface area is 316 Å². The molecular formula is C45H29N5. The molecule has 50 heavy (non-hydrogen) atoms. The first-order valence-corrected chi connectivity index (χ1v) is 15.2. The zero-order valence-corrected chi connectivity index (χ0v) is 25.4. The zero-order chi connectivity index (χ0) is 50.4. The Kier molecular flexibility index (Phi) is 3.36. The summed E-state index contributed by atoms with van der Waals surface area (Å²) in [5, 5.41) is -1.36. The lowest BCUT2D eigenvalue weighted by atomic mass is 10.0. The minimum Gasteiger partial charge on any atom is -0.309 e. The summed E-state index contributed by atoms with van der Waals surface area (Å²) in [5.41, 5.74) is -1.07. The molecule has 0 amide bonds. The van der Waals surface area contributed by atoms with Crippen LogP contribution in [0, 0.1) is 0 Å².